The summed E-state index contributed by atoms with van der Waals surface area (Å²) in [5.74, 6) is 0. The monoisotopic (exact) mass is 201 g/mol. The third-order valence-corrected chi connectivity index (χ3v) is 2.76. The van der Waals surface area contributed by atoms with Gasteiger partial charge in [-0.25, -0.2) is 0 Å². The van der Waals surface area contributed by atoms with Gasteiger partial charge < -0.3 is 14.8 Å². The highest BCUT2D eigenvalue weighted by Gasteiger charge is 2.31. The minimum Gasteiger partial charge on any atom is -0.380 e. The van der Waals surface area contributed by atoms with E-state index in [4.69, 9.17) is 9.47 Å². The van der Waals surface area contributed by atoms with E-state index >= 15 is 0 Å². The second-order valence-electron chi connectivity index (χ2n) is 4.74. The van der Waals surface area contributed by atoms with Crippen molar-refractivity contribution in [3.05, 3.63) is 0 Å². The highest BCUT2D eigenvalue weighted by atomic mass is 16.5. The van der Waals surface area contributed by atoms with E-state index in [-0.39, 0.29) is 11.7 Å². The van der Waals surface area contributed by atoms with Crippen LogP contribution in [0, 0.1) is 0 Å². The van der Waals surface area contributed by atoms with Gasteiger partial charge in [-0.3, -0.25) is 0 Å². The first kappa shape index (κ1) is 12.0. The van der Waals surface area contributed by atoms with Crippen molar-refractivity contribution >= 4 is 0 Å². The van der Waals surface area contributed by atoms with E-state index in [9.17, 15) is 0 Å². The summed E-state index contributed by atoms with van der Waals surface area (Å²) < 4.78 is 11.0. The van der Waals surface area contributed by atoms with Gasteiger partial charge in [-0.2, -0.15) is 0 Å². The predicted molar refractivity (Wildman–Crippen MR) is 57.5 cm³/mol. The highest BCUT2D eigenvalue weighted by Crippen LogP contribution is 2.28. The molecule has 0 saturated carbocycles. The number of methoxy groups -OCH3 is 1. The van der Waals surface area contributed by atoms with Crippen LogP contribution in [0.15, 0.2) is 0 Å². The van der Waals surface area contributed by atoms with Crippen LogP contribution < -0.4 is 5.32 Å². The van der Waals surface area contributed by atoms with Crippen LogP contribution in [-0.2, 0) is 9.47 Å². The summed E-state index contributed by atoms with van der Waals surface area (Å²) in [6.45, 7) is 8.22. The van der Waals surface area contributed by atoms with E-state index in [0.717, 1.165) is 13.1 Å². The molecule has 0 radical (unpaired) electrons. The van der Waals surface area contributed by atoms with E-state index in [1.165, 1.54) is 12.8 Å². The Morgan fingerprint density at radius 2 is 2.29 bits per heavy atom. The van der Waals surface area contributed by atoms with Crippen molar-refractivity contribution in [3.8, 4) is 0 Å². The maximum Gasteiger partial charge on any atom is 0.0707 e. The largest absolute Gasteiger partial charge is 0.380 e. The zero-order valence-corrected chi connectivity index (χ0v) is 9.80. The third kappa shape index (κ3) is 3.95. The average molecular weight is 201 g/mol. The molecule has 0 aromatic carbocycles. The van der Waals surface area contributed by atoms with Gasteiger partial charge in [0.15, 0.2) is 0 Å². The minimum absolute atomic E-state index is 0.0826. The SMILES string of the molecule is COC(C)CNCC1CCC(C)(C)O1. The zero-order chi connectivity index (χ0) is 10.6. The highest BCUT2D eigenvalue weighted by molar-refractivity contribution is 4.81. The van der Waals surface area contributed by atoms with Gasteiger partial charge in [0.05, 0.1) is 17.8 Å². The van der Waals surface area contributed by atoms with E-state index in [2.05, 4.69) is 26.1 Å². The molecular formula is C11H23NO2. The van der Waals surface area contributed by atoms with Gasteiger partial charge in [-0.1, -0.05) is 0 Å². The second kappa shape index (κ2) is 5.10. The first-order chi connectivity index (χ1) is 6.53. The standard InChI is InChI=1S/C11H23NO2/c1-9(13-4)7-12-8-10-5-6-11(2,3)14-10/h9-10,12H,5-8H2,1-4H3. The van der Waals surface area contributed by atoms with E-state index in [0.29, 0.717) is 6.10 Å². The van der Waals surface area contributed by atoms with Gasteiger partial charge >= 0.3 is 0 Å². The van der Waals surface area contributed by atoms with Crippen molar-refractivity contribution < 1.29 is 9.47 Å². The van der Waals surface area contributed by atoms with Gasteiger partial charge in [0.2, 0.25) is 0 Å². The van der Waals surface area contributed by atoms with E-state index < -0.39 is 0 Å². The van der Waals surface area contributed by atoms with Gasteiger partial charge in [0.1, 0.15) is 0 Å². The van der Waals surface area contributed by atoms with Crippen LogP contribution in [0.1, 0.15) is 33.6 Å². The molecule has 0 spiro atoms. The maximum absolute atomic E-state index is 5.86. The molecule has 1 aliphatic rings. The first-order valence-electron chi connectivity index (χ1n) is 5.45. The molecule has 0 bridgehead atoms. The second-order valence-corrected chi connectivity index (χ2v) is 4.74. The van der Waals surface area contributed by atoms with Crippen molar-refractivity contribution in [2.24, 2.45) is 0 Å². The Morgan fingerprint density at radius 3 is 2.79 bits per heavy atom. The van der Waals surface area contributed by atoms with Crippen LogP contribution in [0.25, 0.3) is 0 Å². The van der Waals surface area contributed by atoms with Gasteiger partial charge in [0.25, 0.3) is 0 Å². The summed E-state index contributed by atoms with van der Waals surface area (Å²) in [4.78, 5) is 0. The van der Waals surface area contributed by atoms with Gasteiger partial charge in [0, 0.05) is 20.2 Å². The fraction of sp³-hybridized carbons (Fsp3) is 1.00. The molecule has 1 fully saturated rings. The molecule has 1 rings (SSSR count). The molecule has 3 heteroatoms. The van der Waals surface area contributed by atoms with Crippen molar-refractivity contribution in [1.82, 2.24) is 5.32 Å². The normalized spacial score (nSPS) is 27.9. The van der Waals surface area contributed by atoms with Crippen molar-refractivity contribution in [2.75, 3.05) is 20.2 Å². The lowest BCUT2D eigenvalue weighted by Gasteiger charge is -2.20. The van der Waals surface area contributed by atoms with Crippen molar-refractivity contribution in [3.63, 3.8) is 0 Å². The molecule has 14 heavy (non-hydrogen) atoms. The molecule has 1 aliphatic heterocycles. The Hall–Kier alpha value is -0.120. The summed E-state index contributed by atoms with van der Waals surface area (Å²) >= 11 is 0. The minimum atomic E-state index is 0.0826. The predicted octanol–water partition coefficient (Wildman–Crippen LogP) is 1.57. The van der Waals surface area contributed by atoms with Crippen molar-refractivity contribution in [1.29, 1.82) is 0 Å². The Balaban J connectivity index is 2.09. The summed E-state index contributed by atoms with van der Waals surface area (Å²) in [5, 5.41) is 3.37. The topological polar surface area (TPSA) is 30.5 Å². The lowest BCUT2D eigenvalue weighted by molar-refractivity contribution is -0.0152. The van der Waals surface area contributed by atoms with Crippen LogP contribution in [-0.4, -0.2) is 38.0 Å². The number of hydrogen-bond acceptors (Lipinski definition) is 3. The zero-order valence-electron chi connectivity index (χ0n) is 9.80. The average Bonchev–Trinajstić information content (AvgIpc) is 2.45. The molecule has 1 saturated heterocycles. The Morgan fingerprint density at radius 1 is 1.57 bits per heavy atom. The summed E-state index contributed by atoms with van der Waals surface area (Å²) in [5.41, 5.74) is 0.0826. The van der Waals surface area contributed by atoms with Crippen LogP contribution in [0.3, 0.4) is 0 Å². The molecule has 2 unspecified atom stereocenters. The lowest BCUT2D eigenvalue weighted by Crippen LogP contribution is -2.33. The maximum atomic E-state index is 5.86. The smallest absolute Gasteiger partial charge is 0.0707 e. The lowest BCUT2D eigenvalue weighted by atomic mass is 10.1. The van der Waals surface area contributed by atoms with Crippen LogP contribution in [0.4, 0.5) is 0 Å². The van der Waals surface area contributed by atoms with E-state index in [1.54, 1.807) is 7.11 Å². The Bertz CT molecular complexity index is 171. The molecule has 1 heterocycles. The van der Waals surface area contributed by atoms with Crippen LogP contribution in [0.2, 0.25) is 0 Å². The molecule has 1 N–H and O–H groups in total. The van der Waals surface area contributed by atoms with Crippen LogP contribution >= 0.6 is 0 Å². The number of rotatable bonds is 5. The molecule has 0 aromatic heterocycles. The fourth-order valence-corrected chi connectivity index (χ4v) is 1.75. The Kier molecular flexibility index (Phi) is 4.35. The molecule has 0 amide bonds. The van der Waals surface area contributed by atoms with Crippen molar-refractivity contribution in [2.45, 2.75) is 51.4 Å². The Labute approximate surface area is 87.2 Å². The molecule has 0 aromatic rings. The molecule has 0 aliphatic carbocycles. The number of ether oxygens (including phenoxy) is 2. The molecule has 2 atom stereocenters. The molecule has 3 nitrogen and oxygen atoms in total. The summed E-state index contributed by atoms with van der Waals surface area (Å²) in [6.07, 6.45) is 3.00. The van der Waals surface area contributed by atoms with Crippen LogP contribution in [0.5, 0.6) is 0 Å². The summed E-state index contributed by atoms with van der Waals surface area (Å²) in [7, 11) is 1.74. The molecule has 84 valence electrons. The number of nitrogens with one attached hydrogen (secondary N) is 1. The van der Waals surface area contributed by atoms with Gasteiger partial charge in [-0.15, -0.1) is 0 Å². The first-order valence-corrected chi connectivity index (χ1v) is 5.45. The third-order valence-electron chi connectivity index (χ3n) is 2.76. The van der Waals surface area contributed by atoms with E-state index in [1.807, 2.05) is 0 Å². The quantitative estimate of drug-likeness (QED) is 0.732. The number of hydrogen-bond donors (Lipinski definition) is 1. The van der Waals surface area contributed by atoms with Gasteiger partial charge in [-0.05, 0) is 33.6 Å². The fourth-order valence-electron chi connectivity index (χ4n) is 1.75. The summed E-state index contributed by atoms with van der Waals surface area (Å²) in [6, 6.07) is 0. The molecular weight excluding hydrogens is 178 g/mol.